The zero-order valence-electron chi connectivity index (χ0n) is 14.9. The van der Waals surface area contributed by atoms with Crippen molar-refractivity contribution >= 4 is 35.0 Å². The quantitative estimate of drug-likeness (QED) is 0.643. The molecular formula is C20H21Cl2NO3. The molecular weight excluding hydrogens is 373 g/mol. The molecule has 0 aromatic heterocycles. The fourth-order valence-electron chi connectivity index (χ4n) is 3.47. The smallest absolute Gasteiger partial charge is 0.435 e. The molecule has 4 nitrogen and oxygen atoms in total. The summed E-state index contributed by atoms with van der Waals surface area (Å²) >= 11 is 12.7. The first-order chi connectivity index (χ1) is 12.4. The fourth-order valence-corrected chi connectivity index (χ4v) is 4.09. The van der Waals surface area contributed by atoms with Crippen LogP contribution in [0.1, 0.15) is 41.5 Å². The van der Waals surface area contributed by atoms with Gasteiger partial charge < -0.3 is 14.8 Å². The molecule has 0 spiro atoms. The lowest BCUT2D eigenvalue weighted by Crippen LogP contribution is -2.33. The van der Waals surface area contributed by atoms with Crippen LogP contribution in [-0.4, -0.2) is 19.0 Å². The molecule has 1 aliphatic rings. The van der Waals surface area contributed by atoms with E-state index in [-0.39, 0.29) is 12.5 Å². The number of fused-ring (bicyclic) bond motifs is 1. The number of carbonyl (C=O) groups is 1. The molecule has 3 rings (SSSR count). The van der Waals surface area contributed by atoms with Crippen molar-refractivity contribution in [1.82, 2.24) is 0 Å². The molecule has 1 heterocycles. The number of benzene rings is 2. The predicted octanol–water partition coefficient (Wildman–Crippen LogP) is 6.06. The van der Waals surface area contributed by atoms with Crippen molar-refractivity contribution in [1.29, 1.82) is 0 Å². The van der Waals surface area contributed by atoms with Crippen LogP contribution in [0.15, 0.2) is 30.3 Å². The number of halogens is 2. The van der Waals surface area contributed by atoms with Gasteiger partial charge in [-0.1, -0.05) is 47.0 Å². The Labute approximate surface area is 163 Å². The minimum Gasteiger partial charge on any atom is -0.435 e. The van der Waals surface area contributed by atoms with Gasteiger partial charge in [0.1, 0.15) is 0 Å². The number of carbonyl (C=O) groups excluding carboxylic acids is 1. The molecule has 2 atom stereocenters. The third kappa shape index (κ3) is 3.92. The van der Waals surface area contributed by atoms with E-state index in [0.29, 0.717) is 16.5 Å². The zero-order chi connectivity index (χ0) is 18.8. The van der Waals surface area contributed by atoms with Crippen molar-refractivity contribution in [3.63, 3.8) is 0 Å². The second-order valence-corrected chi connectivity index (χ2v) is 7.27. The largest absolute Gasteiger partial charge is 0.510 e. The van der Waals surface area contributed by atoms with Gasteiger partial charge in [0.2, 0.25) is 0 Å². The molecule has 2 aromatic carbocycles. The Morgan fingerprint density at radius 3 is 2.69 bits per heavy atom. The highest BCUT2D eigenvalue weighted by molar-refractivity contribution is 6.35. The van der Waals surface area contributed by atoms with Gasteiger partial charge in [-0.15, -0.1) is 0 Å². The second-order valence-electron chi connectivity index (χ2n) is 6.43. The predicted molar refractivity (Wildman–Crippen MR) is 104 cm³/mol. The van der Waals surface area contributed by atoms with Crippen molar-refractivity contribution in [2.24, 2.45) is 0 Å². The molecule has 0 bridgehead atoms. The van der Waals surface area contributed by atoms with Crippen molar-refractivity contribution < 1.29 is 14.3 Å². The van der Waals surface area contributed by atoms with E-state index in [4.69, 9.17) is 32.7 Å². The summed E-state index contributed by atoms with van der Waals surface area (Å²) in [6.07, 6.45) is -0.667. The maximum Gasteiger partial charge on any atom is 0.510 e. The Hall–Kier alpha value is -1.91. The van der Waals surface area contributed by atoms with E-state index in [1.165, 1.54) is 11.1 Å². The van der Waals surface area contributed by atoms with E-state index in [0.717, 1.165) is 16.8 Å². The second kappa shape index (κ2) is 7.77. The molecule has 1 N–H and O–H groups in total. The van der Waals surface area contributed by atoms with Crippen molar-refractivity contribution in [2.45, 2.75) is 39.3 Å². The molecule has 0 saturated carbocycles. The highest BCUT2D eigenvalue weighted by Gasteiger charge is 2.33. The summed E-state index contributed by atoms with van der Waals surface area (Å²) in [5, 5.41) is 4.33. The highest BCUT2D eigenvalue weighted by atomic mass is 35.5. The van der Waals surface area contributed by atoms with Crippen LogP contribution in [0.2, 0.25) is 10.0 Å². The molecule has 2 aromatic rings. The third-order valence-corrected chi connectivity index (χ3v) is 5.04. The Morgan fingerprint density at radius 2 is 2.00 bits per heavy atom. The van der Waals surface area contributed by atoms with E-state index in [1.807, 2.05) is 0 Å². The van der Waals surface area contributed by atoms with Gasteiger partial charge in [-0.25, -0.2) is 4.79 Å². The molecule has 2 unspecified atom stereocenters. The van der Waals surface area contributed by atoms with Gasteiger partial charge >= 0.3 is 6.16 Å². The zero-order valence-corrected chi connectivity index (χ0v) is 16.4. The van der Waals surface area contributed by atoms with Crippen LogP contribution in [-0.2, 0) is 9.47 Å². The summed E-state index contributed by atoms with van der Waals surface area (Å²) in [7, 11) is 0. The van der Waals surface area contributed by atoms with Crippen LogP contribution in [0.4, 0.5) is 10.5 Å². The van der Waals surface area contributed by atoms with Gasteiger partial charge in [-0.05, 0) is 44.0 Å². The summed E-state index contributed by atoms with van der Waals surface area (Å²) in [6.45, 7) is 6.14. The molecule has 26 heavy (non-hydrogen) atoms. The normalized spacial score (nSPS) is 18.7. The maximum absolute atomic E-state index is 11.8. The lowest BCUT2D eigenvalue weighted by Gasteiger charge is -2.34. The molecule has 0 aliphatic carbocycles. The summed E-state index contributed by atoms with van der Waals surface area (Å²) in [5.74, 6) is -0.0176. The van der Waals surface area contributed by atoms with E-state index < -0.39 is 12.4 Å². The first-order valence-corrected chi connectivity index (χ1v) is 9.30. The minimum absolute atomic E-state index is 0.0176. The molecule has 138 valence electrons. The number of hydrogen-bond donors (Lipinski definition) is 1. The summed E-state index contributed by atoms with van der Waals surface area (Å²) in [4.78, 5) is 11.8. The van der Waals surface area contributed by atoms with Crippen LogP contribution < -0.4 is 5.32 Å². The number of hydrogen-bond acceptors (Lipinski definition) is 4. The van der Waals surface area contributed by atoms with Gasteiger partial charge in [0, 0.05) is 33.6 Å². The van der Waals surface area contributed by atoms with Gasteiger partial charge in [-0.3, -0.25) is 0 Å². The molecule has 6 heteroatoms. The summed E-state index contributed by atoms with van der Waals surface area (Å²) in [5.41, 5.74) is 5.26. The molecule has 0 radical (unpaired) electrons. The number of ether oxygens (including phenoxy) is 2. The van der Waals surface area contributed by atoms with Crippen molar-refractivity contribution in [3.05, 3.63) is 62.6 Å². The average molecular weight is 394 g/mol. The topological polar surface area (TPSA) is 47.6 Å². The molecule has 1 aliphatic heterocycles. The summed E-state index contributed by atoms with van der Waals surface area (Å²) < 4.78 is 10.3. The number of aryl methyl sites for hydroxylation is 2. The standard InChI is InChI=1S/C20H21Cl2NO3/c1-4-25-20(24)26-18-10-15(14-6-5-11(2)7-12(14)3)19-16(22)8-13(21)9-17(19)23-18/h5-9,15,18,23H,4,10H2,1-3H3. The van der Waals surface area contributed by atoms with Crippen LogP contribution in [0.3, 0.4) is 0 Å². The third-order valence-electron chi connectivity index (χ3n) is 4.51. The first-order valence-electron chi connectivity index (χ1n) is 8.55. The van der Waals surface area contributed by atoms with E-state index in [9.17, 15) is 4.79 Å². The van der Waals surface area contributed by atoms with Crippen LogP contribution in [0, 0.1) is 13.8 Å². The Bertz CT molecular complexity index is 838. The lowest BCUT2D eigenvalue weighted by molar-refractivity contribution is 0.0301. The van der Waals surface area contributed by atoms with Gasteiger partial charge in [0.15, 0.2) is 6.23 Å². The van der Waals surface area contributed by atoms with Crippen LogP contribution >= 0.6 is 23.2 Å². The number of anilines is 1. The maximum atomic E-state index is 11.8. The molecule has 0 fully saturated rings. The number of rotatable bonds is 3. The van der Waals surface area contributed by atoms with Crippen molar-refractivity contribution in [3.8, 4) is 0 Å². The molecule has 0 saturated heterocycles. The summed E-state index contributed by atoms with van der Waals surface area (Å²) in [6, 6.07) is 9.88. The number of nitrogens with one attached hydrogen (secondary N) is 1. The molecule has 0 amide bonds. The first kappa shape index (κ1) is 18.9. The van der Waals surface area contributed by atoms with Gasteiger partial charge in [-0.2, -0.15) is 0 Å². The Kier molecular flexibility index (Phi) is 5.64. The lowest BCUT2D eigenvalue weighted by atomic mass is 9.82. The Balaban J connectivity index is 2.03. The minimum atomic E-state index is -0.694. The van der Waals surface area contributed by atoms with Crippen molar-refractivity contribution in [2.75, 3.05) is 11.9 Å². The fraction of sp³-hybridized carbons (Fsp3) is 0.350. The van der Waals surface area contributed by atoms with E-state index in [1.54, 1.807) is 19.1 Å². The van der Waals surface area contributed by atoms with Crippen LogP contribution in [0.5, 0.6) is 0 Å². The van der Waals surface area contributed by atoms with E-state index in [2.05, 4.69) is 37.4 Å². The average Bonchev–Trinajstić information content (AvgIpc) is 2.53. The van der Waals surface area contributed by atoms with Crippen LogP contribution in [0.25, 0.3) is 0 Å². The SMILES string of the molecule is CCOC(=O)OC1CC(c2ccc(C)cc2C)c2c(Cl)cc(Cl)cc2N1. The monoisotopic (exact) mass is 393 g/mol. The van der Waals surface area contributed by atoms with Gasteiger partial charge in [0.25, 0.3) is 0 Å². The van der Waals surface area contributed by atoms with E-state index >= 15 is 0 Å². The highest BCUT2D eigenvalue weighted by Crippen LogP contribution is 2.45. The Morgan fingerprint density at radius 1 is 1.23 bits per heavy atom. The van der Waals surface area contributed by atoms with Gasteiger partial charge in [0.05, 0.1) is 6.61 Å².